The predicted molar refractivity (Wildman–Crippen MR) is 124 cm³/mol. The number of carbonyl (C=O) groups excluding carboxylic acids is 2. The molecule has 1 aliphatic carbocycles. The summed E-state index contributed by atoms with van der Waals surface area (Å²) < 4.78 is 1.72. The van der Waals surface area contributed by atoms with Crippen LogP contribution >= 0.6 is 11.8 Å². The number of amides is 1. The van der Waals surface area contributed by atoms with Gasteiger partial charge >= 0.3 is 5.69 Å². The minimum Gasteiger partial charge on any atom is -0.325 e. The summed E-state index contributed by atoms with van der Waals surface area (Å²) in [4.78, 5) is 45.3. The number of nitrogens with one attached hydrogen (secondary N) is 1. The molecule has 1 aromatic carbocycles. The number of anilines is 1. The first-order valence-electron chi connectivity index (χ1n) is 10.6. The summed E-state index contributed by atoms with van der Waals surface area (Å²) in [5, 5.41) is 3.47. The minimum absolute atomic E-state index is 0.0212. The van der Waals surface area contributed by atoms with E-state index >= 15 is 0 Å². The van der Waals surface area contributed by atoms with Gasteiger partial charge in [-0.05, 0) is 69.0 Å². The molecule has 1 aliphatic rings. The van der Waals surface area contributed by atoms with Crippen LogP contribution in [0.4, 0.5) is 5.69 Å². The molecule has 0 spiro atoms. The Hall–Kier alpha value is -3.26. The molecule has 7 nitrogen and oxygen atoms in total. The first-order valence-corrected chi connectivity index (χ1v) is 11.6. The first-order chi connectivity index (χ1) is 15.5. The van der Waals surface area contributed by atoms with E-state index < -0.39 is 0 Å². The van der Waals surface area contributed by atoms with Gasteiger partial charge in [-0.15, -0.1) is 0 Å². The minimum atomic E-state index is -0.306. The first kappa shape index (κ1) is 22.0. The van der Waals surface area contributed by atoms with Crippen LogP contribution in [0.15, 0.2) is 58.5 Å². The molecule has 3 aromatic rings. The second-order valence-electron chi connectivity index (χ2n) is 7.71. The topological polar surface area (TPSA) is 94.0 Å². The van der Waals surface area contributed by atoms with Crippen molar-refractivity contribution in [2.24, 2.45) is 0 Å². The lowest BCUT2D eigenvalue weighted by Crippen LogP contribution is -2.31. The number of thioether (sulfide) groups is 1. The molecule has 4 rings (SSSR count). The number of hydrogen-bond donors (Lipinski definition) is 1. The summed E-state index contributed by atoms with van der Waals surface area (Å²) in [6, 6.07) is 12.4. The van der Waals surface area contributed by atoms with Gasteiger partial charge in [0.25, 0.3) is 0 Å². The molecule has 2 heterocycles. The van der Waals surface area contributed by atoms with Gasteiger partial charge in [-0.2, -0.15) is 4.98 Å². The molecule has 1 N–H and O–H groups in total. The Balaban J connectivity index is 1.49. The van der Waals surface area contributed by atoms with Crippen molar-refractivity contribution in [3.63, 3.8) is 0 Å². The summed E-state index contributed by atoms with van der Waals surface area (Å²) in [6.07, 6.45) is 5.46. The van der Waals surface area contributed by atoms with Crippen LogP contribution in [0.25, 0.3) is 0 Å². The van der Waals surface area contributed by atoms with Gasteiger partial charge in [-0.3, -0.25) is 19.1 Å². The summed E-state index contributed by atoms with van der Waals surface area (Å²) in [6.45, 7) is 1.90. The molecule has 1 amide bonds. The van der Waals surface area contributed by atoms with Crippen molar-refractivity contribution >= 4 is 29.1 Å². The number of aromatic nitrogens is 3. The van der Waals surface area contributed by atoms with E-state index in [2.05, 4.69) is 15.3 Å². The van der Waals surface area contributed by atoms with Crippen LogP contribution in [0.1, 0.15) is 47.1 Å². The maximum absolute atomic E-state index is 12.8. The summed E-state index contributed by atoms with van der Waals surface area (Å²) in [5.74, 6) is -0.0564. The molecule has 0 atom stereocenters. The van der Waals surface area contributed by atoms with Gasteiger partial charge in [0.1, 0.15) is 5.03 Å². The second-order valence-corrected chi connectivity index (χ2v) is 8.67. The van der Waals surface area contributed by atoms with Crippen molar-refractivity contribution in [1.82, 2.24) is 14.5 Å². The highest BCUT2D eigenvalue weighted by atomic mass is 32.2. The molecule has 0 saturated carbocycles. The molecule has 0 saturated heterocycles. The van der Waals surface area contributed by atoms with Crippen molar-refractivity contribution in [2.75, 3.05) is 11.1 Å². The van der Waals surface area contributed by atoms with Gasteiger partial charge in [-0.1, -0.05) is 17.8 Å². The summed E-state index contributed by atoms with van der Waals surface area (Å²) >= 11 is 1.29. The predicted octanol–water partition coefficient (Wildman–Crippen LogP) is 3.50. The van der Waals surface area contributed by atoms with Gasteiger partial charge < -0.3 is 5.32 Å². The molecule has 0 radical (unpaired) electrons. The highest BCUT2D eigenvalue weighted by molar-refractivity contribution is 8.00. The van der Waals surface area contributed by atoms with E-state index in [1.165, 1.54) is 18.7 Å². The molecular weight excluding hydrogens is 424 g/mol. The van der Waals surface area contributed by atoms with E-state index in [9.17, 15) is 14.4 Å². The third-order valence-corrected chi connectivity index (χ3v) is 6.43. The van der Waals surface area contributed by atoms with Crippen molar-refractivity contribution in [1.29, 1.82) is 0 Å². The third-order valence-electron chi connectivity index (χ3n) is 5.41. The number of rotatable bonds is 7. The molecule has 0 aliphatic heterocycles. The maximum Gasteiger partial charge on any atom is 0.349 e. The third kappa shape index (κ3) is 5.13. The number of nitrogens with zero attached hydrogens (tertiary/aromatic N) is 3. The van der Waals surface area contributed by atoms with E-state index in [0.29, 0.717) is 22.8 Å². The fourth-order valence-corrected chi connectivity index (χ4v) is 4.68. The Kier molecular flexibility index (Phi) is 6.80. The number of carbonyl (C=O) groups is 2. The number of hydrogen-bond acceptors (Lipinski definition) is 6. The quantitative estimate of drug-likeness (QED) is 0.338. The second kappa shape index (κ2) is 9.91. The standard InChI is InChI=1S/C24H24N4O3S/c1-16(29)17-9-11-18(12-10-17)26-22(30)15-32-23-20-7-2-3-8-21(20)28(24(31)27-23)14-19-6-4-5-13-25-19/h4-6,9-13H,2-3,7-8,14-15H2,1H3,(H,26,30). The highest BCUT2D eigenvalue weighted by Gasteiger charge is 2.21. The monoisotopic (exact) mass is 448 g/mol. The molecule has 0 bridgehead atoms. The van der Waals surface area contributed by atoms with Crippen LogP contribution in [0.5, 0.6) is 0 Å². The van der Waals surface area contributed by atoms with E-state index in [1.54, 1.807) is 35.0 Å². The zero-order valence-corrected chi connectivity index (χ0v) is 18.7. The van der Waals surface area contributed by atoms with E-state index in [1.807, 2.05) is 18.2 Å². The van der Waals surface area contributed by atoms with Crippen molar-refractivity contribution < 1.29 is 9.59 Å². The molecular formula is C24H24N4O3S. The van der Waals surface area contributed by atoms with Crippen LogP contribution in [-0.2, 0) is 24.2 Å². The number of pyridine rings is 1. The zero-order chi connectivity index (χ0) is 22.5. The summed E-state index contributed by atoms with van der Waals surface area (Å²) in [7, 11) is 0. The molecule has 164 valence electrons. The Morgan fingerprint density at radius 3 is 2.59 bits per heavy atom. The van der Waals surface area contributed by atoms with Crippen molar-refractivity contribution in [3.05, 3.63) is 81.7 Å². The van der Waals surface area contributed by atoms with Gasteiger partial charge in [0, 0.05) is 28.7 Å². The van der Waals surface area contributed by atoms with Gasteiger partial charge in [0.2, 0.25) is 5.91 Å². The van der Waals surface area contributed by atoms with Gasteiger partial charge in [0.05, 0.1) is 18.0 Å². The molecule has 0 fully saturated rings. The largest absolute Gasteiger partial charge is 0.349 e. The Morgan fingerprint density at radius 1 is 1.09 bits per heavy atom. The van der Waals surface area contributed by atoms with Crippen LogP contribution in [0.3, 0.4) is 0 Å². The summed E-state index contributed by atoms with van der Waals surface area (Å²) in [5.41, 5.74) is 3.81. The molecule has 2 aromatic heterocycles. The van der Waals surface area contributed by atoms with Crippen LogP contribution in [-0.4, -0.2) is 32.0 Å². The lowest BCUT2D eigenvalue weighted by Gasteiger charge is -2.22. The maximum atomic E-state index is 12.8. The Morgan fingerprint density at radius 2 is 1.88 bits per heavy atom. The van der Waals surface area contributed by atoms with Crippen molar-refractivity contribution in [2.45, 2.75) is 44.2 Å². The zero-order valence-electron chi connectivity index (χ0n) is 17.8. The van der Waals surface area contributed by atoms with Gasteiger partial charge in [0.15, 0.2) is 5.78 Å². The van der Waals surface area contributed by atoms with E-state index in [-0.39, 0.29) is 23.1 Å². The lowest BCUT2D eigenvalue weighted by atomic mass is 9.97. The SMILES string of the molecule is CC(=O)c1ccc(NC(=O)CSc2nc(=O)n(Cc3ccccn3)c3c2CCCC3)cc1. The lowest BCUT2D eigenvalue weighted by molar-refractivity contribution is -0.113. The van der Waals surface area contributed by atoms with E-state index in [0.717, 1.165) is 42.6 Å². The number of benzene rings is 1. The van der Waals surface area contributed by atoms with Crippen LogP contribution < -0.4 is 11.0 Å². The number of Topliss-reactive ketones (excluding diaryl/α,β-unsaturated/α-hetero) is 1. The fourth-order valence-electron chi connectivity index (χ4n) is 3.80. The van der Waals surface area contributed by atoms with Crippen molar-refractivity contribution in [3.8, 4) is 0 Å². The molecule has 8 heteroatoms. The van der Waals surface area contributed by atoms with Gasteiger partial charge in [-0.25, -0.2) is 4.79 Å². The average molecular weight is 449 g/mol. The van der Waals surface area contributed by atoms with Crippen LogP contribution in [0.2, 0.25) is 0 Å². The number of fused-ring (bicyclic) bond motifs is 1. The molecule has 0 unspecified atom stereocenters. The Labute approximate surface area is 190 Å². The normalized spacial score (nSPS) is 12.8. The number of ketones is 1. The molecule has 32 heavy (non-hydrogen) atoms. The smallest absolute Gasteiger partial charge is 0.325 e. The van der Waals surface area contributed by atoms with Crippen LogP contribution in [0, 0.1) is 0 Å². The average Bonchev–Trinajstić information content (AvgIpc) is 2.81. The highest BCUT2D eigenvalue weighted by Crippen LogP contribution is 2.28. The Bertz CT molecular complexity index is 1190. The fraction of sp³-hybridized carbons (Fsp3) is 0.292. The van der Waals surface area contributed by atoms with E-state index in [4.69, 9.17) is 0 Å².